The molecule has 1 atom stereocenters. The van der Waals surface area contributed by atoms with E-state index in [4.69, 9.17) is 14.6 Å². The smallest absolute Gasteiger partial charge is 0.321 e. The molecule has 0 aliphatic rings. The highest BCUT2D eigenvalue weighted by molar-refractivity contribution is 5.83. The third kappa shape index (κ3) is 8.67. The molecule has 0 saturated carbocycles. The highest BCUT2D eigenvalue weighted by Crippen LogP contribution is 2.09. The van der Waals surface area contributed by atoms with Crippen molar-refractivity contribution in [3.05, 3.63) is 71.8 Å². The van der Waals surface area contributed by atoms with Gasteiger partial charge in [0.25, 0.3) is 0 Å². The molecule has 0 aliphatic heterocycles. The summed E-state index contributed by atoms with van der Waals surface area (Å²) in [7, 11) is 0. The Labute approximate surface area is 178 Å². The molecule has 31 heavy (non-hydrogen) atoms. The van der Waals surface area contributed by atoms with Gasteiger partial charge in [0, 0.05) is 0 Å². The summed E-state index contributed by atoms with van der Waals surface area (Å²) in [4.78, 5) is 48.1. The van der Waals surface area contributed by atoms with E-state index in [0.717, 1.165) is 16.0 Å². The highest BCUT2D eigenvalue weighted by atomic mass is 16.5. The number of rotatable bonds is 12. The van der Waals surface area contributed by atoms with Gasteiger partial charge in [0.1, 0.15) is 19.3 Å². The Hall–Kier alpha value is -3.72. The van der Waals surface area contributed by atoms with Crippen LogP contribution in [0.1, 0.15) is 17.5 Å². The molecule has 0 aliphatic carbocycles. The Bertz CT molecular complexity index is 827. The lowest BCUT2D eigenvalue weighted by atomic mass is 10.1. The van der Waals surface area contributed by atoms with Crippen molar-refractivity contribution >= 4 is 23.9 Å². The molecule has 2 aromatic carbocycles. The molecule has 0 spiro atoms. The minimum Gasteiger partial charge on any atom is -0.481 e. The van der Waals surface area contributed by atoms with Gasteiger partial charge in [0.15, 0.2) is 0 Å². The summed E-state index contributed by atoms with van der Waals surface area (Å²) in [6.07, 6.45) is -0.798. The van der Waals surface area contributed by atoms with E-state index in [9.17, 15) is 24.3 Å². The van der Waals surface area contributed by atoms with Crippen molar-refractivity contribution in [2.75, 3.05) is 13.1 Å². The molecule has 0 saturated heterocycles. The number of esters is 2. The fourth-order valence-electron chi connectivity index (χ4n) is 2.71. The Morgan fingerprint density at radius 3 is 1.52 bits per heavy atom. The zero-order valence-corrected chi connectivity index (χ0v) is 16.7. The second kappa shape index (κ2) is 12.1. The second-order valence-electron chi connectivity index (χ2n) is 6.65. The van der Waals surface area contributed by atoms with Crippen LogP contribution >= 0.6 is 0 Å². The lowest BCUT2D eigenvalue weighted by Gasteiger charge is -2.26. The number of benzene rings is 2. The van der Waals surface area contributed by atoms with Crippen molar-refractivity contribution in [2.24, 2.45) is 0 Å². The van der Waals surface area contributed by atoms with E-state index in [-0.39, 0.29) is 13.2 Å². The first-order valence-electron chi connectivity index (χ1n) is 9.43. The van der Waals surface area contributed by atoms with Crippen molar-refractivity contribution < 1.29 is 38.9 Å². The van der Waals surface area contributed by atoms with Gasteiger partial charge in [-0.15, -0.1) is 0 Å². The van der Waals surface area contributed by atoms with Gasteiger partial charge in [0.05, 0.1) is 19.5 Å². The monoisotopic (exact) mass is 429 g/mol. The summed E-state index contributed by atoms with van der Waals surface area (Å²) in [5.74, 6) is -4.45. The van der Waals surface area contributed by atoms with Crippen LogP contribution in [0.15, 0.2) is 60.7 Å². The van der Waals surface area contributed by atoms with Gasteiger partial charge in [-0.05, 0) is 11.1 Å². The van der Waals surface area contributed by atoms with Crippen LogP contribution in [0.2, 0.25) is 0 Å². The molecule has 0 aromatic heterocycles. The molecule has 2 N–H and O–H groups in total. The van der Waals surface area contributed by atoms with Crippen LogP contribution in [0.25, 0.3) is 0 Å². The first-order valence-corrected chi connectivity index (χ1v) is 9.43. The topological polar surface area (TPSA) is 130 Å². The third-order valence-corrected chi connectivity index (χ3v) is 4.24. The number of carboxylic acid groups (broad SMARTS) is 2. The largest absolute Gasteiger partial charge is 0.481 e. The zero-order valence-electron chi connectivity index (χ0n) is 16.7. The van der Waals surface area contributed by atoms with Crippen LogP contribution in [0.5, 0.6) is 0 Å². The molecule has 0 radical (unpaired) electrons. The number of hydrogen-bond donors (Lipinski definition) is 2. The maximum absolute atomic E-state index is 12.2. The van der Waals surface area contributed by atoms with Gasteiger partial charge in [-0.1, -0.05) is 60.7 Å². The standard InChI is InChI=1S/C22H23NO8/c24-19(25)11-18(22(28)29)23(12-20(26)30-14-16-7-3-1-4-8-16)13-21(27)31-15-17-9-5-2-6-10-17/h1-10,18H,11-15H2,(H,24,25)(H,28,29)/t18-/m0/s1. The molecule has 0 heterocycles. The van der Waals surface area contributed by atoms with E-state index in [1.165, 1.54) is 0 Å². The van der Waals surface area contributed by atoms with Gasteiger partial charge in [0.2, 0.25) is 0 Å². The van der Waals surface area contributed by atoms with E-state index < -0.39 is 49.4 Å². The van der Waals surface area contributed by atoms with Crippen LogP contribution in [0, 0.1) is 0 Å². The van der Waals surface area contributed by atoms with E-state index in [1.54, 1.807) is 60.7 Å². The fourth-order valence-corrected chi connectivity index (χ4v) is 2.71. The van der Waals surface area contributed by atoms with Crippen LogP contribution in [0.3, 0.4) is 0 Å². The van der Waals surface area contributed by atoms with Crippen molar-refractivity contribution in [3.63, 3.8) is 0 Å². The highest BCUT2D eigenvalue weighted by Gasteiger charge is 2.32. The Morgan fingerprint density at radius 1 is 0.742 bits per heavy atom. The second-order valence-corrected chi connectivity index (χ2v) is 6.65. The van der Waals surface area contributed by atoms with E-state index in [1.807, 2.05) is 0 Å². The maximum Gasteiger partial charge on any atom is 0.321 e. The van der Waals surface area contributed by atoms with Gasteiger partial charge >= 0.3 is 23.9 Å². The summed E-state index contributed by atoms with van der Waals surface area (Å²) in [5.41, 5.74) is 1.45. The molecule has 9 nitrogen and oxygen atoms in total. The maximum atomic E-state index is 12.2. The number of ether oxygens (including phenoxy) is 2. The quantitative estimate of drug-likeness (QED) is 0.484. The fraction of sp³-hybridized carbons (Fsp3) is 0.273. The molecule has 2 rings (SSSR count). The zero-order chi connectivity index (χ0) is 22.6. The van der Waals surface area contributed by atoms with Crippen molar-refractivity contribution in [2.45, 2.75) is 25.7 Å². The lowest BCUT2D eigenvalue weighted by molar-refractivity contribution is -0.158. The number of hydrogen-bond acceptors (Lipinski definition) is 7. The molecular weight excluding hydrogens is 406 g/mol. The summed E-state index contributed by atoms with van der Waals surface area (Å²) in [6, 6.07) is 16.1. The van der Waals surface area contributed by atoms with E-state index >= 15 is 0 Å². The van der Waals surface area contributed by atoms with Crippen molar-refractivity contribution in [3.8, 4) is 0 Å². The van der Waals surface area contributed by atoms with E-state index in [2.05, 4.69) is 0 Å². The Kier molecular flexibility index (Phi) is 9.18. The van der Waals surface area contributed by atoms with Crippen LogP contribution in [-0.4, -0.2) is 58.1 Å². The molecule has 0 unspecified atom stereocenters. The minimum absolute atomic E-state index is 0.0391. The molecule has 0 bridgehead atoms. The number of carbonyl (C=O) groups is 4. The molecule has 164 valence electrons. The van der Waals surface area contributed by atoms with Gasteiger partial charge in [-0.2, -0.15) is 0 Å². The normalized spacial score (nSPS) is 11.5. The number of carbonyl (C=O) groups excluding carboxylic acids is 2. The SMILES string of the molecule is O=C(O)C[C@@H](C(=O)O)N(CC(=O)OCc1ccccc1)CC(=O)OCc1ccccc1. The minimum atomic E-state index is -1.61. The average molecular weight is 429 g/mol. The predicted octanol–water partition coefficient (Wildman–Crippen LogP) is 1.70. The van der Waals surface area contributed by atoms with Crippen molar-refractivity contribution in [1.29, 1.82) is 0 Å². The van der Waals surface area contributed by atoms with Crippen LogP contribution in [-0.2, 0) is 41.9 Å². The van der Waals surface area contributed by atoms with E-state index in [0.29, 0.717) is 0 Å². The van der Waals surface area contributed by atoms with Gasteiger partial charge in [-0.3, -0.25) is 24.1 Å². The molecule has 0 fully saturated rings. The Morgan fingerprint density at radius 2 is 1.16 bits per heavy atom. The first-order chi connectivity index (χ1) is 14.8. The van der Waals surface area contributed by atoms with Gasteiger partial charge < -0.3 is 19.7 Å². The summed E-state index contributed by atoms with van der Waals surface area (Å²) < 4.78 is 10.3. The molecule has 9 heteroatoms. The molecular formula is C22H23NO8. The summed E-state index contributed by atoms with van der Waals surface area (Å²) in [6.45, 7) is -1.25. The first kappa shape index (κ1) is 23.6. The van der Waals surface area contributed by atoms with Gasteiger partial charge in [-0.25, -0.2) is 0 Å². The number of carboxylic acids is 2. The molecule has 0 amide bonds. The van der Waals surface area contributed by atoms with Crippen molar-refractivity contribution in [1.82, 2.24) is 4.90 Å². The summed E-state index contributed by atoms with van der Waals surface area (Å²) >= 11 is 0. The average Bonchev–Trinajstić information content (AvgIpc) is 2.75. The number of nitrogens with zero attached hydrogens (tertiary/aromatic N) is 1. The summed E-state index contributed by atoms with van der Waals surface area (Å²) in [5, 5.41) is 18.5. The lowest BCUT2D eigenvalue weighted by Crippen LogP contribution is -2.48. The Balaban J connectivity index is 2.02. The van der Waals surface area contributed by atoms with Crippen LogP contribution in [0.4, 0.5) is 0 Å². The third-order valence-electron chi connectivity index (χ3n) is 4.24. The molecule has 2 aromatic rings. The number of aliphatic carboxylic acids is 2. The predicted molar refractivity (Wildman–Crippen MR) is 108 cm³/mol. The van der Waals surface area contributed by atoms with Crippen LogP contribution < -0.4 is 0 Å².